The summed E-state index contributed by atoms with van der Waals surface area (Å²) in [6.45, 7) is 4.77. The molecule has 10 aromatic carbocycles. The van der Waals surface area contributed by atoms with Crippen LogP contribution < -0.4 is 4.90 Å². The van der Waals surface area contributed by atoms with Gasteiger partial charge in [0.05, 0.1) is 11.4 Å². The molecule has 11 rings (SSSR count). The standard InChI is InChI=1S/C57H41N/c1-57(2)51-24-13-25-53(56(51)50-36-44-18-6-7-19-45(44)37-52(50)57)58(46-33-30-41(31-34-46)40-28-26-39(27-29-40)38-14-4-3-5-15-38)54-35-32-43-17-9-11-22-48(43)55(54)49-23-12-20-42-16-8-10-21-47(42)49/h3-37H,1-2H3. The van der Waals surface area contributed by atoms with Gasteiger partial charge in [-0.15, -0.1) is 0 Å². The summed E-state index contributed by atoms with van der Waals surface area (Å²) in [6.07, 6.45) is 0. The Balaban J connectivity index is 1.16. The van der Waals surface area contributed by atoms with E-state index in [0.717, 1.165) is 11.4 Å². The molecule has 0 saturated carbocycles. The Morgan fingerprint density at radius 3 is 1.55 bits per heavy atom. The van der Waals surface area contributed by atoms with Crippen molar-refractivity contribution in [3.05, 3.63) is 223 Å². The molecule has 0 aliphatic heterocycles. The van der Waals surface area contributed by atoms with Gasteiger partial charge in [-0.1, -0.05) is 190 Å². The summed E-state index contributed by atoms with van der Waals surface area (Å²) >= 11 is 0. The first-order chi connectivity index (χ1) is 28.5. The molecule has 0 saturated heterocycles. The molecule has 0 fully saturated rings. The summed E-state index contributed by atoms with van der Waals surface area (Å²) < 4.78 is 0. The van der Waals surface area contributed by atoms with Crippen LogP contribution in [0.1, 0.15) is 25.0 Å². The molecule has 0 atom stereocenters. The van der Waals surface area contributed by atoms with Crippen LogP contribution in [0, 0.1) is 0 Å². The van der Waals surface area contributed by atoms with Crippen molar-refractivity contribution in [1.82, 2.24) is 0 Å². The van der Waals surface area contributed by atoms with Gasteiger partial charge in [-0.05, 0) is 113 Å². The van der Waals surface area contributed by atoms with E-state index in [9.17, 15) is 0 Å². The summed E-state index contributed by atoms with van der Waals surface area (Å²) in [5.74, 6) is 0. The molecule has 1 aliphatic rings. The Morgan fingerprint density at radius 1 is 0.328 bits per heavy atom. The number of fused-ring (bicyclic) bond motifs is 6. The molecule has 0 spiro atoms. The maximum absolute atomic E-state index is 2.53. The van der Waals surface area contributed by atoms with E-state index in [2.05, 4.69) is 231 Å². The molecule has 0 heterocycles. The van der Waals surface area contributed by atoms with Crippen molar-refractivity contribution >= 4 is 49.4 Å². The second-order valence-electron chi connectivity index (χ2n) is 16.1. The predicted octanol–water partition coefficient (Wildman–Crippen LogP) is 15.9. The normalized spacial score (nSPS) is 12.8. The SMILES string of the molecule is CC1(C)c2cc3ccccc3cc2-c2c(N(c3ccc(-c4ccc(-c5ccccc5)cc4)cc3)c3ccc4ccccc4c3-c3cccc4ccccc34)cccc21. The Morgan fingerprint density at radius 2 is 0.845 bits per heavy atom. The number of hydrogen-bond donors (Lipinski definition) is 0. The molecule has 0 aromatic heterocycles. The first kappa shape index (κ1) is 34.1. The van der Waals surface area contributed by atoms with Gasteiger partial charge in [-0.2, -0.15) is 0 Å². The Hall–Kier alpha value is -7.22. The van der Waals surface area contributed by atoms with Crippen molar-refractivity contribution in [2.45, 2.75) is 19.3 Å². The molecule has 0 bridgehead atoms. The average molecular weight is 740 g/mol. The van der Waals surface area contributed by atoms with E-state index in [1.54, 1.807) is 0 Å². The molecule has 10 aromatic rings. The van der Waals surface area contributed by atoms with Gasteiger partial charge in [0.2, 0.25) is 0 Å². The minimum Gasteiger partial charge on any atom is -0.309 e. The Labute approximate surface area is 340 Å². The van der Waals surface area contributed by atoms with Crippen LogP contribution in [0.4, 0.5) is 17.1 Å². The summed E-state index contributed by atoms with van der Waals surface area (Å²) in [4.78, 5) is 2.53. The lowest BCUT2D eigenvalue weighted by molar-refractivity contribution is 0.661. The lowest BCUT2D eigenvalue weighted by Crippen LogP contribution is -2.16. The third-order valence-corrected chi connectivity index (χ3v) is 12.4. The van der Waals surface area contributed by atoms with Crippen LogP contribution in [0.5, 0.6) is 0 Å². The molecular formula is C57H41N. The maximum atomic E-state index is 2.53. The molecular weight excluding hydrogens is 699 g/mol. The van der Waals surface area contributed by atoms with Crippen LogP contribution in [0.25, 0.3) is 76.8 Å². The first-order valence-electron chi connectivity index (χ1n) is 20.3. The topological polar surface area (TPSA) is 3.24 Å². The molecule has 1 aliphatic carbocycles. The Kier molecular flexibility index (Phi) is 7.91. The quantitative estimate of drug-likeness (QED) is 0.164. The fourth-order valence-corrected chi connectivity index (χ4v) is 9.51. The monoisotopic (exact) mass is 739 g/mol. The zero-order chi connectivity index (χ0) is 38.8. The lowest BCUT2D eigenvalue weighted by atomic mass is 9.82. The van der Waals surface area contributed by atoms with Crippen LogP contribution >= 0.6 is 0 Å². The van der Waals surface area contributed by atoms with E-state index in [-0.39, 0.29) is 5.41 Å². The number of nitrogens with zero attached hydrogens (tertiary/aromatic N) is 1. The smallest absolute Gasteiger partial charge is 0.0546 e. The summed E-state index contributed by atoms with van der Waals surface area (Å²) in [7, 11) is 0. The zero-order valence-electron chi connectivity index (χ0n) is 32.7. The van der Waals surface area contributed by atoms with Crippen molar-refractivity contribution in [2.24, 2.45) is 0 Å². The van der Waals surface area contributed by atoms with E-state index in [0.29, 0.717) is 0 Å². The average Bonchev–Trinajstić information content (AvgIpc) is 3.51. The second kappa shape index (κ2) is 13.5. The van der Waals surface area contributed by atoms with Crippen LogP contribution in [-0.4, -0.2) is 0 Å². The summed E-state index contributed by atoms with van der Waals surface area (Å²) in [5.41, 5.74) is 15.9. The van der Waals surface area contributed by atoms with Crippen molar-refractivity contribution in [3.8, 4) is 44.5 Å². The van der Waals surface area contributed by atoms with Gasteiger partial charge >= 0.3 is 0 Å². The van der Waals surface area contributed by atoms with Gasteiger partial charge in [0, 0.05) is 22.2 Å². The highest BCUT2D eigenvalue weighted by Gasteiger charge is 2.38. The maximum Gasteiger partial charge on any atom is 0.0546 e. The van der Waals surface area contributed by atoms with Crippen molar-refractivity contribution in [2.75, 3.05) is 4.90 Å². The third-order valence-electron chi connectivity index (χ3n) is 12.4. The summed E-state index contributed by atoms with van der Waals surface area (Å²) in [6, 6.07) is 78.3. The van der Waals surface area contributed by atoms with E-state index >= 15 is 0 Å². The van der Waals surface area contributed by atoms with Gasteiger partial charge in [-0.3, -0.25) is 0 Å². The van der Waals surface area contributed by atoms with Crippen LogP contribution in [-0.2, 0) is 5.41 Å². The van der Waals surface area contributed by atoms with Crippen molar-refractivity contribution < 1.29 is 0 Å². The van der Waals surface area contributed by atoms with E-state index < -0.39 is 0 Å². The molecule has 58 heavy (non-hydrogen) atoms. The van der Waals surface area contributed by atoms with Gasteiger partial charge in [0.25, 0.3) is 0 Å². The highest BCUT2D eigenvalue weighted by atomic mass is 15.1. The van der Waals surface area contributed by atoms with Crippen LogP contribution in [0.2, 0.25) is 0 Å². The number of hydrogen-bond acceptors (Lipinski definition) is 1. The first-order valence-corrected chi connectivity index (χ1v) is 20.3. The minimum atomic E-state index is -0.173. The minimum absolute atomic E-state index is 0.173. The number of benzene rings is 10. The largest absolute Gasteiger partial charge is 0.309 e. The predicted molar refractivity (Wildman–Crippen MR) is 248 cm³/mol. The van der Waals surface area contributed by atoms with Gasteiger partial charge in [-0.25, -0.2) is 0 Å². The fourth-order valence-electron chi connectivity index (χ4n) is 9.51. The fraction of sp³-hybridized carbons (Fsp3) is 0.0526. The van der Waals surface area contributed by atoms with Crippen molar-refractivity contribution in [1.29, 1.82) is 0 Å². The molecule has 0 N–H and O–H groups in total. The number of rotatable bonds is 6. The zero-order valence-corrected chi connectivity index (χ0v) is 32.7. The molecule has 1 nitrogen and oxygen atoms in total. The number of anilines is 3. The highest BCUT2D eigenvalue weighted by molar-refractivity contribution is 6.12. The van der Waals surface area contributed by atoms with Gasteiger partial charge in [0.15, 0.2) is 0 Å². The molecule has 1 heteroatoms. The second-order valence-corrected chi connectivity index (χ2v) is 16.1. The van der Waals surface area contributed by atoms with Gasteiger partial charge in [0.1, 0.15) is 0 Å². The van der Waals surface area contributed by atoms with Crippen molar-refractivity contribution in [3.63, 3.8) is 0 Å². The van der Waals surface area contributed by atoms with E-state index in [1.165, 1.54) is 93.6 Å². The third kappa shape index (κ3) is 5.46. The summed E-state index contributed by atoms with van der Waals surface area (Å²) in [5, 5.41) is 7.47. The van der Waals surface area contributed by atoms with Crippen LogP contribution in [0.15, 0.2) is 212 Å². The molecule has 0 amide bonds. The highest BCUT2D eigenvalue weighted by Crippen LogP contribution is 2.56. The molecule has 274 valence electrons. The Bertz CT molecular complexity index is 3170. The molecule has 0 unspecified atom stereocenters. The molecule has 0 radical (unpaired) electrons. The van der Waals surface area contributed by atoms with E-state index in [4.69, 9.17) is 0 Å². The van der Waals surface area contributed by atoms with E-state index in [1.807, 2.05) is 0 Å². The van der Waals surface area contributed by atoms with Crippen LogP contribution in [0.3, 0.4) is 0 Å². The lowest BCUT2D eigenvalue weighted by Gasteiger charge is -2.31. The van der Waals surface area contributed by atoms with Gasteiger partial charge < -0.3 is 4.90 Å².